The summed E-state index contributed by atoms with van der Waals surface area (Å²) in [5.74, 6) is 0.782. The van der Waals surface area contributed by atoms with Crippen LogP contribution in [0.1, 0.15) is 31.9 Å². The van der Waals surface area contributed by atoms with Crippen molar-refractivity contribution in [3.63, 3.8) is 0 Å². The Balaban J connectivity index is 1.51. The average Bonchev–Trinajstić information content (AvgIpc) is 2.70. The Bertz CT molecular complexity index is 978. The van der Waals surface area contributed by atoms with Crippen LogP contribution in [-0.4, -0.2) is 12.8 Å². The predicted molar refractivity (Wildman–Crippen MR) is 124 cm³/mol. The van der Waals surface area contributed by atoms with Gasteiger partial charge in [0.25, 0.3) is 0 Å². The van der Waals surface area contributed by atoms with Crippen LogP contribution in [0.25, 0.3) is 0 Å². The van der Waals surface area contributed by atoms with Gasteiger partial charge in [-0.3, -0.25) is 0 Å². The third kappa shape index (κ3) is 6.01. The largest absolute Gasteiger partial charge is 0.473 e. The first-order chi connectivity index (χ1) is 14.3. The summed E-state index contributed by atoms with van der Waals surface area (Å²) in [6, 6.07) is 23.2. The summed E-state index contributed by atoms with van der Waals surface area (Å²) in [7, 11) is 0. The standard InChI is InChI=1S/C25H29N3O2/c1-18-10-15-23(22(16-18)25(2,3)4)30-17-26-24(29)28-21-13-11-20(12-14-21)27-19-8-6-5-7-9-19/h5-16,27H,17H2,1-4H3,(H2,26,28,29). The molecule has 30 heavy (non-hydrogen) atoms. The van der Waals surface area contributed by atoms with Crippen molar-refractivity contribution in [2.45, 2.75) is 33.1 Å². The topological polar surface area (TPSA) is 62.4 Å². The Morgan fingerprint density at radius 1 is 0.867 bits per heavy atom. The summed E-state index contributed by atoms with van der Waals surface area (Å²) >= 11 is 0. The number of anilines is 3. The summed E-state index contributed by atoms with van der Waals surface area (Å²) in [4.78, 5) is 12.2. The Morgan fingerprint density at radius 3 is 2.17 bits per heavy atom. The minimum atomic E-state index is -0.316. The highest BCUT2D eigenvalue weighted by Crippen LogP contribution is 2.32. The molecule has 3 aromatic rings. The van der Waals surface area contributed by atoms with Gasteiger partial charge in [0.15, 0.2) is 6.73 Å². The molecule has 5 heteroatoms. The number of hydrogen-bond acceptors (Lipinski definition) is 3. The van der Waals surface area contributed by atoms with E-state index in [2.05, 4.69) is 49.7 Å². The van der Waals surface area contributed by atoms with Gasteiger partial charge in [-0.05, 0) is 60.4 Å². The second kappa shape index (κ2) is 9.35. The van der Waals surface area contributed by atoms with Crippen molar-refractivity contribution in [2.75, 3.05) is 17.4 Å². The minimum absolute atomic E-state index is 0.0425. The van der Waals surface area contributed by atoms with Crippen molar-refractivity contribution in [1.29, 1.82) is 0 Å². The maximum absolute atomic E-state index is 12.2. The van der Waals surface area contributed by atoms with Crippen molar-refractivity contribution >= 4 is 23.1 Å². The maximum atomic E-state index is 12.2. The maximum Gasteiger partial charge on any atom is 0.321 e. The zero-order valence-electron chi connectivity index (χ0n) is 18.0. The highest BCUT2D eigenvalue weighted by molar-refractivity contribution is 5.89. The van der Waals surface area contributed by atoms with Gasteiger partial charge in [-0.1, -0.05) is 56.7 Å². The molecule has 0 heterocycles. The van der Waals surface area contributed by atoms with Gasteiger partial charge >= 0.3 is 6.03 Å². The molecule has 3 rings (SSSR count). The molecule has 3 aromatic carbocycles. The van der Waals surface area contributed by atoms with Gasteiger partial charge in [0, 0.05) is 17.1 Å². The number of carbonyl (C=O) groups excluding carboxylic acids is 1. The van der Waals surface area contributed by atoms with Crippen LogP contribution in [0.2, 0.25) is 0 Å². The van der Waals surface area contributed by atoms with Crippen LogP contribution in [0, 0.1) is 6.92 Å². The number of aryl methyl sites for hydroxylation is 1. The third-order valence-corrected chi connectivity index (χ3v) is 4.61. The smallest absolute Gasteiger partial charge is 0.321 e. The Kier molecular flexibility index (Phi) is 6.62. The Labute approximate surface area is 178 Å². The normalized spacial score (nSPS) is 10.9. The number of amides is 2. The van der Waals surface area contributed by atoms with E-state index >= 15 is 0 Å². The number of rotatable bonds is 6. The SMILES string of the molecule is Cc1ccc(OCNC(=O)Nc2ccc(Nc3ccccc3)cc2)c(C(C)(C)C)c1. The summed E-state index contributed by atoms with van der Waals surface area (Å²) in [6.45, 7) is 8.58. The fourth-order valence-corrected chi connectivity index (χ4v) is 3.04. The van der Waals surface area contributed by atoms with Gasteiger partial charge in [-0.2, -0.15) is 0 Å². The van der Waals surface area contributed by atoms with Gasteiger partial charge in [-0.25, -0.2) is 4.79 Å². The van der Waals surface area contributed by atoms with E-state index in [1.165, 1.54) is 5.56 Å². The van der Waals surface area contributed by atoms with E-state index in [4.69, 9.17) is 4.74 Å². The predicted octanol–water partition coefficient (Wildman–Crippen LogP) is 6.19. The first-order valence-electron chi connectivity index (χ1n) is 10.0. The van der Waals surface area contributed by atoms with Crippen molar-refractivity contribution in [2.24, 2.45) is 0 Å². The lowest BCUT2D eigenvalue weighted by atomic mass is 9.85. The summed E-state index contributed by atoms with van der Waals surface area (Å²) in [6.07, 6.45) is 0. The lowest BCUT2D eigenvalue weighted by Gasteiger charge is -2.23. The first-order valence-corrected chi connectivity index (χ1v) is 10.0. The van der Waals surface area contributed by atoms with Gasteiger partial charge in [-0.15, -0.1) is 0 Å². The van der Waals surface area contributed by atoms with Crippen LogP contribution < -0.4 is 20.7 Å². The van der Waals surface area contributed by atoms with E-state index in [9.17, 15) is 4.79 Å². The molecule has 156 valence electrons. The van der Waals surface area contributed by atoms with Gasteiger partial charge in [0.05, 0.1) is 0 Å². The van der Waals surface area contributed by atoms with E-state index < -0.39 is 0 Å². The highest BCUT2D eigenvalue weighted by atomic mass is 16.5. The lowest BCUT2D eigenvalue weighted by Crippen LogP contribution is -2.32. The molecule has 0 aliphatic carbocycles. The molecule has 0 fully saturated rings. The number of urea groups is 1. The Morgan fingerprint density at radius 2 is 1.50 bits per heavy atom. The lowest BCUT2D eigenvalue weighted by molar-refractivity contribution is 0.233. The van der Waals surface area contributed by atoms with Crippen LogP contribution in [0.4, 0.5) is 21.9 Å². The molecular weight excluding hydrogens is 374 g/mol. The van der Waals surface area contributed by atoms with Crippen LogP contribution in [0.5, 0.6) is 5.75 Å². The van der Waals surface area contributed by atoms with Crippen LogP contribution in [0.15, 0.2) is 72.8 Å². The Hall–Kier alpha value is -3.47. The van der Waals surface area contributed by atoms with Crippen LogP contribution >= 0.6 is 0 Å². The number of hydrogen-bond donors (Lipinski definition) is 3. The first kappa shape index (κ1) is 21.2. The fraction of sp³-hybridized carbons (Fsp3) is 0.240. The number of benzene rings is 3. The minimum Gasteiger partial charge on any atom is -0.473 e. The molecule has 0 atom stereocenters. The van der Waals surface area contributed by atoms with Crippen molar-refractivity contribution in [3.8, 4) is 5.75 Å². The average molecular weight is 404 g/mol. The molecule has 2 amide bonds. The number of ether oxygens (including phenoxy) is 1. The zero-order chi connectivity index (χ0) is 21.6. The molecule has 0 saturated carbocycles. The van der Waals surface area contributed by atoms with E-state index in [-0.39, 0.29) is 18.2 Å². The zero-order valence-corrected chi connectivity index (χ0v) is 18.0. The number of carbonyl (C=O) groups is 1. The van der Waals surface area contributed by atoms with Crippen LogP contribution in [-0.2, 0) is 5.41 Å². The summed E-state index contributed by atoms with van der Waals surface area (Å²) < 4.78 is 5.83. The summed E-state index contributed by atoms with van der Waals surface area (Å²) in [5.41, 5.74) is 4.92. The van der Waals surface area contributed by atoms with E-state index in [1.54, 1.807) is 0 Å². The fourth-order valence-electron chi connectivity index (χ4n) is 3.04. The molecule has 0 aliphatic heterocycles. The molecule has 0 spiro atoms. The summed E-state index contributed by atoms with van der Waals surface area (Å²) in [5, 5.41) is 8.86. The molecule has 0 unspecified atom stereocenters. The molecule has 0 saturated heterocycles. The second-order valence-electron chi connectivity index (χ2n) is 8.24. The quantitative estimate of drug-likeness (QED) is 0.430. The molecule has 0 bridgehead atoms. The molecule has 3 N–H and O–H groups in total. The monoisotopic (exact) mass is 403 g/mol. The second-order valence-corrected chi connectivity index (χ2v) is 8.24. The number of para-hydroxylation sites is 1. The number of nitrogens with one attached hydrogen (secondary N) is 3. The van der Waals surface area contributed by atoms with Crippen molar-refractivity contribution in [1.82, 2.24) is 5.32 Å². The van der Waals surface area contributed by atoms with E-state index in [0.29, 0.717) is 5.69 Å². The van der Waals surface area contributed by atoms with E-state index in [0.717, 1.165) is 22.7 Å². The van der Waals surface area contributed by atoms with E-state index in [1.807, 2.05) is 66.7 Å². The van der Waals surface area contributed by atoms with Crippen LogP contribution in [0.3, 0.4) is 0 Å². The highest BCUT2D eigenvalue weighted by Gasteiger charge is 2.19. The molecule has 5 nitrogen and oxygen atoms in total. The van der Waals surface area contributed by atoms with Crippen molar-refractivity contribution < 1.29 is 9.53 Å². The molecule has 0 radical (unpaired) electrons. The van der Waals surface area contributed by atoms with Gasteiger partial charge in [0.1, 0.15) is 5.75 Å². The molecule has 0 aromatic heterocycles. The van der Waals surface area contributed by atoms with Crippen molar-refractivity contribution in [3.05, 3.63) is 83.9 Å². The molecular formula is C25H29N3O2. The van der Waals surface area contributed by atoms with Gasteiger partial charge < -0.3 is 20.7 Å². The van der Waals surface area contributed by atoms with Gasteiger partial charge in [0.2, 0.25) is 0 Å². The molecule has 0 aliphatic rings. The third-order valence-electron chi connectivity index (χ3n) is 4.61.